The highest BCUT2D eigenvalue weighted by Gasteiger charge is 2.51. The molecule has 0 bridgehead atoms. The van der Waals surface area contributed by atoms with Gasteiger partial charge in [-0.25, -0.2) is 8.78 Å². The number of carbonyl (C=O) groups is 4. The molecule has 0 unspecified atom stereocenters. The normalized spacial score (nSPS) is 13.3. The number of hydrogen-bond donors (Lipinski definition) is 2. The average molecular weight is 650 g/mol. The van der Waals surface area contributed by atoms with E-state index < -0.39 is 77.3 Å². The summed E-state index contributed by atoms with van der Waals surface area (Å²) in [5, 5.41) is 4.95. The molecule has 2 atom stereocenters. The van der Waals surface area contributed by atoms with Crippen LogP contribution in [0.4, 0.5) is 17.6 Å². The monoisotopic (exact) mass is 648 g/mol. The van der Waals surface area contributed by atoms with Crippen LogP contribution in [0.2, 0.25) is 10.0 Å². The van der Waals surface area contributed by atoms with Crippen molar-refractivity contribution < 1.29 is 41.5 Å². The van der Waals surface area contributed by atoms with Gasteiger partial charge in [0.15, 0.2) is 24.0 Å². The Morgan fingerprint density at radius 2 is 1.53 bits per heavy atom. The number of ether oxygens (including phenoxy) is 1. The highest BCUT2D eigenvalue weighted by atomic mass is 35.5. The Labute approximate surface area is 257 Å². The van der Waals surface area contributed by atoms with Crippen molar-refractivity contribution >= 4 is 46.6 Å². The minimum Gasteiger partial charge on any atom is -0.484 e. The van der Waals surface area contributed by atoms with Gasteiger partial charge in [0.05, 0.1) is 6.04 Å². The van der Waals surface area contributed by atoms with E-state index in [9.17, 15) is 36.7 Å². The van der Waals surface area contributed by atoms with E-state index in [1.54, 1.807) is 20.8 Å². The molecule has 2 amide bonds. The molecule has 0 radical (unpaired) electrons. The van der Waals surface area contributed by atoms with Crippen LogP contribution in [0, 0.1) is 28.9 Å². The number of carbonyl (C=O) groups excluding carboxylic acids is 4. The molecule has 0 aromatic heterocycles. The van der Waals surface area contributed by atoms with Crippen LogP contribution >= 0.6 is 23.2 Å². The number of amides is 2. The molecule has 2 N–H and O–H groups in total. The molecular formula is C30H34Cl2F4N2O5. The zero-order valence-corrected chi connectivity index (χ0v) is 25.8. The number of alkyl halides is 2. The van der Waals surface area contributed by atoms with Crippen LogP contribution in [0.25, 0.3) is 0 Å². The Kier molecular flexibility index (Phi) is 12.6. The van der Waals surface area contributed by atoms with E-state index in [0.717, 1.165) is 12.1 Å². The summed E-state index contributed by atoms with van der Waals surface area (Å²) in [6.45, 7) is 7.26. The first kappa shape index (κ1) is 36.0. The number of rotatable bonds is 14. The summed E-state index contributed by atoms with van der Waals surface area (Å²) in [4.78, 5) is 51.3. The molecule has 0 saturated carbocycles. The first-order valence-electron chi connectivity index (χ1n) is 13.4. The number of hydrogen-bond acceptors (Lipinski definition) is 5. The first-order valence-corrected chi connectivity index (χ1v) is 14.1. The summed E-state index contributed by atoms with van der Waals surface area (Å²) < 4.78 is 62.6. The van der Waals surface area contributed by atoms with Gasteiger partial charge in [0.25, 0.3) is 11.8 Å². The maximum Gasteiger partial charge on any atom is 0.381 e. The van der Waals surface area contributed by atoms with Crippen molar-refractivity contribution in [1.82, 2.24) is 10.6 Å². The van der Waals surface area contributed by atoms with Crippen molar-refractivity contribution in [3.8, 4) is 5.75 Å². The largest absolute Gasteiger partial charge is 0.484 e. The van der Waals surface area contributed by atoms with E-state index in [1.165, 1.54) is 38.1 Å². The number of nitrogens with one attached hydrogen (secondary N) is 2. The predicted octanol–water partition coefficient (Wildman–Crippen LogP) is 5.98. The van der Waals surface area contributed by atoms with Gasteiger partial charge in [0, 0.05) is 28.9 Å². The summed E-state index contributed by atoms with van der Waals surface area (Å²) in [7, 11) is 0. The molecule has 7 nitrogen and oxygen atoms in total. The van der Waals surface area contributed by atoms with Crippen LogP contribution < -0.4 is 15.4 Å². The van der Waals surface area contributed by atoms with E-state index in [4.69, 9.17) is 27.9 Å². The molecule has 0 fully saturated rings. The molecule has 0 aliphatic heterocycles. The standard InChI is InChI=1S/C30H34Cl2F4N2O5/c1-16(2)21(27(41)30(35,36)28(42)37-15-29(3,4)5)13-25(39)24(9-17-6-7-22(33)23(34)8-17)38-26(40)14-43-20-11-18(31)10-19(32)12-20/h6-8,10-12,16,21,24H,9,13-15H2,1-5H3,(H,37,42)(H,38,40)/t21-,24-/m0/s1. The predicted molar refractivity (Wildman–Crippen MR) is 154 cm³/mol. The minimum absolute atomic E-state index is 0.111. The number of Topliss-reactive ketones (excluding diaryl/α,β-unsaturated/α-hetero) is 2. The van der Waals surface area contributed by atoms with Gasteiger partial charge < -0.3 is 15.4 Å². The summed E-state index contributed by atoms with van der Waals surface area (Å²) in [6.07, 6.45) is -1.12. The van der Waals surface area contributed by atoms with Crippen LogP contribution in [-0.4, -0.2) is 48.5 Å². The van der Waals surface area contributed by atoms with Crippen molar-refractivity contribution in [2.24, 2.45) is 17.3 Å². The molecule has 13 heteroatoms. The lowest BCUT2D eigenvalue weighted by atomic mass is 9.82. The number of halogens is 6. The molecule has 0 saturated heterocycles. The molecular weight excluding hydrogens is 615 g/mol. The zero-order valence-electron chi connectivity index (χ0n) is 24.3. The van der Waals surface area contributed by atoms with Crippen molar-refractivity contribution in [2.45, 2.75) is 59.4 Å². The number of benzene rings is 2. The average Bonchev–Trinajstić information content (AvgIpc) is 2.89. The van der Waals surface area contributed by atoms with Crippen molar-refractivity contribution in [1.29, 1.82) is 0 Å². The van der Waals surface area contributed by atoms with Crippen LogP contribution in [0.3, 0.4) is 0 Å². The van der Waals surface area contributed by atoms with Gasteiger partial charge in [0.2, 0.25) is 5.78 Å². The molecule has 0 spiro atoms. The van der Waals surface area contributed by atoms with Crippen LogP contribution in [0.15, 0.2) is 36.4 Å². The van der Waals surface area contributed by atoms with Gasteiger partial charge in [-0.05, 0) is 53.6 Å². The fourth-order valence-corrected chi connectivity index (χ4v) is 4.44. The fourth-order valence-electron chi connectivity index (χ4n) is 3.94. The third kappa shape index (κ3) is 11.1. The Morgan fingerprint density at radius 1 is 0.930 bits per heavy atom. The highest BCUT2D eigenvalue weighted by Crippen LogP contribution is 2.29. The lowest BCUT2D eigenvalue weighted by Gasteiger charge is -2.27. The molecule has 2 rings (SSSR count). The third-order valence-electron chi connectivity index (χ3n) is 6.29. The maximum absolute atomic E-state index is 15.0. The molecule has 0 aliphatic carbocycles. The Hall–Kier alpha value is -3.18. The second kappa shape index (κ2) is 15.0. The van der Waals surface area contributed by atoms with Crippen molar-refractivity contribution in [3.63, 3.8) is 0 Å². The van der Waals surface area contributed by atoms with E-state index in [-0.39, 0.29) is 34.3 Å². The van der Waals surface area contributed by atoms with Gasteiger partial charge in [-0.2, -0.15) is 8.78 Å². The second-order valence-corrected chi connectivity index (χ2v) is 12.5. The Bertz CT molecular complexity index is 1330. The van der Waals surface area contributed by atoms with E-state index in [0.29, 0.717) is 0 Å². The van der Waals surface area contributed by atoms with Crippen molar-refractivity contribution in [2.75, 3.05) is 13.2 Å². The lowest BCUT2D eigenvalue weighted by Crippen LogP contribution is -2.52. The van der Waals surface area contributed by atoms with E-state index in [2.05, 4.69) is 10.6 Å². The van der Waals surface area contributed by atoms with Crippen molar-refractivity contribution in [3.05, 3.63) is 63.6 Å². The lowest BCUT2D eigenvalue weighted by molar-refractivity contribution is -0.163. The fraction of sp³-hybridized carbons (Fsp3) is 0.467. The Morgan fingerprint density at radius 3 is 2.07 bits per heavy atom. The summed E-state index contributed by atoms with van der Waals surface area (Å²) in [6, 6.07) is 5.62. The van der Waals surface area contributed by atoms with Gasteiger partial charge in [-0.3, -0.25) is 19.2 Å². The van der Waals surface area contributed by atoms with Gasteiger partial charge >= 0.3 is 5.92 Å². The topological polar surface area (TPSA) is 102 Å². The van der Waals surface area contributed by atoms with Gasteiger partial charge in [0.1, 0.15) is 5.75 Å². The summed E-state index contributed by atoms with van der Waals surface area (Å²) in [5.74, 6) is -14.2. The maximum atomic E-state index is 15.0. The molecule has 0 aliphatic rings. The zero-order chi connectivity index (χ0) is 32.7. The van der Waals surface area contributed by atoms with Gasteiger partial charge in [-0.1, -0.05) is 63.9 Å². The molecule has 236 valence electrons. The summed E-state index contributed by atoms with van der Waals surface area (Å²) in [5.41, 5.74) is -0.421. The highest BCUT2D eigenvalue weighted by molar-refractivity contribution is 6.34. The summed E-state index contributed by atoms with van der Waals surface area (Å²) >= 11 is 11.8. The van der Waals surface area contributed by atoms with E-state index >= 15 is 0 Å². The SMILES string of the molecule is CC(C)[C@H](CC(=O)[C@H](Cc1ccc(F)c(F)c1)NC(=O)COc1cc(Cl)cc(Cl)c1)C(=O)C(F)(F)C(=O)NCC(C)(C)C. The Balaban J connectivity index is 2.27. The number of ketones is 2. The minimum atomic E-state index is -4.43. The molecule has 43 heavy (non-hydrogen) atoms. The van der Waals surface area contributed by atoms with E-state index in [1.807, 2.05) is 0 Å². The molecule has 2 aromatic carbocycles. The second-order valence-electron chi connectivity index (χ2n) is 11.7. The van der Waals surface area contributed by atoms with Crippen LogP contribution in [0.1, 0.15) is 46.6 Å². The van der Waals surface area contributed by atoms with Crippen LogP contribution in [0.5, 0.6) is 5.75 Å². The molecule has 2 aromatic rings. The third-order valence-corrected chi connectivity index (χ3v) is 6.73. The first-order chi connectivity index (χ1) is 19.8. The van der Waals surface area contributed by atoms with Crippen LogP contribution in [-0.2, 0) is 25.6 Å². The van der Waals surface area contributed by atoms with Gasteiger partial charge in [-0.15, -0.1) is 0 Å². The quantitative estimate of drug-likeness (QED) is 0.194. The smallest absolute Gasteiger partial charge is 0.381 e. The molecule has 0 heterocycles.